The van der Waals surface area contributed by atoms with Gasteiger partial charge in [-0.05, 0) is 18.1 Å². The number of aryl methyl sites for hydroxylation is 2. The third-order valence-corrected chi connectivity index (χ3v) is 5.64. The molecular weight excluding hydrogens is 406 g/mol. The number of nitrogens with one attached hydrogen (secondary N) is 1. The summed E-state index contributed by atoms with van der Waals surface area (Å²) in [7, 11) is 1.63. The first kappa shape index (κ1) is 21.5. The van der Waals surface area contributed by atoms with E-state index >= 15 is 0 Å². The van der Waals surface area contributed by atoms with E-state index in [1.54, 1.807) is 18.0 Å². The van der Waals surface area contributed by atoms with Crippen molar-refractivity contribution in [2.75, 3.05) is 20.2 Å². The van der Waals surface area contributed by atoms with Gasteiger partial charge in [-0.25, -0.2) is 0 Å². The summed E-state index contributed by atoms with van der Waals surface area (Å²) in [6.45, 7) is 2.17. The fourth-order valence-electron chi connectivity index (χ4n) is 3.91. The molecule has 8 nitrogen and oxygen atoms in total. The fourth-order valence-corrected chi connectivity index (χ4v) is 3.91. The highest BCUT2D eigenvalue weighted by Crippen LogP contribution is 2.24. The number of benzene rings is 2. The van der Waals surface area contributed by atoms with Crippen LogP contribution in [0.25, 0.3) is 0 Å². The molecule has 0 aliphatic carbocycles. The van der Waals surface area contributed by atoms with Crippen molar-refractivity contribution >= 4 is 11.8 Å². The van der Waals surface area contributed by atoms with Gasteiger partial charge in [0.15, 0.2) is 5.69 Å². The molecule has 4 rings (SSSR count). The monoisotopic (exact) mass is 433 g/mol. The molecule has 1 saturated heterocycles. The van der Waals surface area contributed by atoms with Crippen LogP contribution in [0.15, 0.2) is 60.8 Å². The number of carbonyl (C=O) groups is 2. The molecule has 1 aliphatic rings. The van der Waals surface area contributed by atoms with Crippen molar-refractivity contribution in [3.63, 3.8) is 0 Å². The molecule has 2 amide bonds. The Balaban J connectivity index is 1.25. The van der Waals surface area contributed by atoms with Gasteiger partial charge in [0, 0.05) is 44.1 Å². The van der Waals surface area contributed by atoms with Gasteiger partial charge in [0.25, 0.3) is 5.91 Å². The minimum Gasteiger partial charge on any atom is -0.496 e. The first-order valence-electron chi connectivity index (χ1n) is 10.7. The number of rotatable bonds is 9. The molecule has 8 heteroatoms. The van der Waals surface area contributed by atoms with Gasteiger partial charge in [0.2, 0.25) is 5.91 Å². The number of likely N-dealkylation sites (tertiary alicyclic amines) is 1. The second-order valence-corrected chi connectivity index (χ2v) is 7.97. The Morgan fingerprint density at radius 2 is 1.94 bits per heavy atom. The van der Waals surface area contributed by atoms with Crippen LogP contribution in [0.2, 0.25) is 0 Å². The molecule has 166 valence electrons. The van der Waals surface area contributed by atoms with Gasteiger partial charge in [0.1, 0.15) is 5.75 Å². The number of aromatic nitrogens is 3. The van der Waals surface area contributed by atoms with Gasteiger partial charge in [-0.1, -0.05) is 53.7 Å². The highest BCUT2D eigenvalue weighted by molar-refractivity contribution is 5.91. The lowest BCUT2D eigenvalue weighted by Gasteiger charge is -2.18. The lowest BCUT2D eigenvalue weighted by atomic mass is 10.1. The van der Waals surface area contributed by atoms with Crippen molar-refractivity contribution in [1.29, 1.82) is 0 Å². The number of methoxy groups -OCH3 is 1. The Labute approximate surface area is 187 Å². The Hall–Kier alpha value is -3.68. The van der Waals surface area contributed by atoms with Crippen LogP contribution >= 0.6 is 0 Å². The molecule has 0 radical (unpaired) electrons. The molecule has 1 unspecified atom stereocenters. The van der Waals surface area contributed by atoms with Crippen LogP contribution in [-0.4, -0.2) is 51.9 Å². The Bertz CT molecular complexity index is 1070. The van der Waals surface area contributed by atoms with Gasteiger partial charge >= 0.3 is 0 Å². The maximum absolute atomic E-state index is 12.5. The maximum atomic E-state index is 12.5. The highest BCUT2D eigenvalue weighted by atomic mass is 16.5. The number of nitrogens with zero attached hydrogens (tertiary/aromatic N) is 4. The van der Waals surface area contributed by atoms with Crippen molar-refractivity contribution in [2.45, 2.75) is 25.9 Å². The molecule has 1 atom stereocenters. The lowest BCUT2D eigenvalue weighted by Crippen LogP contribution is -2.31. The van der Waals surface area contributed by atoms with Crippen LogP contribution in [0.1, 0.15) is 28.0 Å². The number of hydrogen-bond acceptors (Lipinski definition) is 5. The molecule has 0 saturated carbocycles. The van der Waals surface area contributed by atoms with Crippen molar-refractivity contribution in [1.82, 2.24) is 25.2 Å². The summed E-state index contributed by atoms with van der Waals surface area (Å²) in [5, 5.41) is 10.9. The standard InChI is InChI=1S/C24H27N5O3/c1-32-22-10-6-5-9-20(22)16-28-15-19(13-23(28)30)14-25-24(31)21-17-29(27-26-21)12-11-18-7-3-2-4-8-18/h2-10,17,19H,11-16H2,1H3,(H,25,31). The summed E-state index contributed by atoms with van der Waals surface area (Å²) < 4.78 is 7.06. The summed E-state index contributed by atoms with van der Waals surface area (Å²) >= 11 is 0. The largest absolute Gasteiger partial charge is 0.496 e. The zero-order valence-electron chi connectivity index (χ0n) is 18.1. The Kier molecular flexibility index (Phi) is 6.79. The van der Waals surface area contributed by atoms with E-state index in [1.165, 1.54) is 5.56 Å². The van der Waals surface area contributed by atoms with E-state index < -0.39 is 0 Å². The van der Waals surface area contributed by atoms with Crippen molar-refractivity contribution in [3.8, 4) is 5.75 Å². The van der Waals surface area contributed by atoms with E-state index in [1.807, 2.05) is 47.4 Å². The molecule has 3 aromatic rings. The number of carbonyl (C=O) groups excluding carboxylic acids is 2. The number of para-hydroxylation sites is 1. The summed E-state index contributed by atoms with van der Waals surface area (Å²) in [4.78, 5) is 26.7. The predicted octanol–water partition coefficient (Wildman–Crippen LogP) is 2.31. The summed E-state index contributed by atoms with van der Waals surface area (Å²) in [6.07, 6.45) is 2.89. The highest BCUT2D eigenvalue weighted by Gasteiger charge is 2.30. The summed E-state index contributed by atoms with van der Waals surface area (Å²) in [5.41, 5.74) is 2.46. The van der Waals surface area contributed by atoms with Crippen LogP contribution in [-0.2, 0) is 24.3 Å². The number of amides is 2. The molecule has 1 aromatic heterocycles. The van der Waals surface area contributed by atoms with Crippen molar-refractivity contribution in [3.05, 3.63) is 77.6 Å². The second-order valence-electron chi connectivity index (χ2n) is 7.97. The van der Waals surface area contributed by atoms with Crippen LogP contribution in [0.3, 0.4) is 0 Å². The van der Waals surface area contributed by atoms with E-state index in [-0.39, 0.29) is 23.4 Å². The zero-order valence-corrected chi connectivity index (χ0v) is 18.1. The van der Waals surface area contributed by atoms with Crippen molar-refractivity contribution < 1.29 is 14.3 Å². The van der Waals surface area contributed by atoms with E-state index in [2.05, 4.69) is 27.8 Å². The van der Waals surface area contributed by atoms with E-state index in [0.29, 0.717) is 32.6 Å². The normalized spacial score (nSPS) is 15.7. The Morgan fingerprint density at radius 1 is 1.16 bits per heavy atom. The third-order valence-electron chi connectivity index (χ3n) is 5.64. The lowest BCUT2D eigenvalue weighted by molar-refractivity contribution is -0.128. The average Bonchev–Trinajstić information content (AvgIpc) is 3.44. The quantitative estimate of drug-likeness (QED) is 0.559. The minimum absolute atomic E-state index is 0.0642. The number of ether oxygens (including phenoxy) is 1. The van der Waals surface area contributed by atoms with Gasteiger partial charge in [0.05, 0.1) is 13.3 Å². The van der Waals surface area contributed by atoms with Gasteiger partial charge < -0.3 is 15.0 Å². The Morgan fingerprint density at radius 3 is 2.75 bits per heavy atom. The topological polar surface area (TPSA) is 89.3 Å². The molecule has 32 heavy (non-hydrogen) atoms. The van der Waals surface area contributed by atoms with Crippen LogP contribution < -0.4 is 10.1 Å². The number of hydrogen-bond donors (Lipinski definition) is 1. The second kappa shape index (κ2) is 10.1. The van der Waals surface area contributed by atoms with Gasteiger partial charge in [-0.15, -0.1) is 5.10 Å². The molecule has 2 heterocycles. The molecule has 0 spiro atoms. The van der Waals surface area contributed by atoms with Crippen LogP contribution in [0.5, 0.6) is 5.75 Å². The van der Waals surface area contributed by atoms with E-state index in [4.69, 9.17) is 4.74 Å². The van der Waals surface area contributed by atoms with Gasteiger partial charge in [-0.2, -0.15) is 0 Å². The first-order valence-corrected chi connectivity index (χ1v) is 10.7. The summed E-state index contributed by atoms with van der Waals surface area (Å²) in [5.74, 6) is 0.648. The predicted molar refractivity (Wildman–Crippen MR) is 119 cm³/mol. The molecule has 1 N–H and O–H groups in total. The van der Waals surface area contributed by atoms with Crippen LogP contribution in [0, 0.1) is 5.92 Å². The third kappa shape index (κ3) is 5.32. The first-order chi connectivity index (χ1) is 15.6. The smallest absolute Gasteiger partial charge is 0.273 e. The van der Waals surface area contributed by atoms with E-state index in [9.17, 15) is 9.59 Å². The van der Waals surface area contributed by atoms with Crippen molar-refractivity contribution in [2.24, 2.45) is 5.92 Å². The zero-order chi connectivity index (χ0) is 22.3. The molecule has 2 aromatic carbocycles. The average molecular weight is 434 g/mol. The molecular formula is C24H27N5O3. The summed E-state index contributed by atoms with van der Waals surface area (Å²) in [6, 6.07) is 17.8. The molecule has 1 aliphatic heterocycles. The molecule has 0 bridgehead atoms. The fraction of sp³-hybridized carbons (Fsp3) is 0.333. The minimum atomic E-state index is -0.272. The van der Waals surface area contributed by atoms with Crippen LogP contribution in [0.4, 0.5) is 0 Å². The SMILES string of the molecule is COc1ccccc1CN1CC(CNC(=O)c2cn(CCc3ccccc3)nn2)CC1=O. The van der Waals surface area contributed by atoms with E-state index in [0.717, 1.165) is 17.7 Å². The maximum Gasteiger partial charge on any atom is 0.273 e. The van der Waals surface area contributed by atoms with Gasteiger partial charge in [-0.3, -0.25) is 14.3 Å². The molecule has 1 fully saturated rings.